The van der Waals surface area contributed by atoms with Gasteiger partial charge in [-0.3, -0.25) is 0 Å². The molecule has 0 saturated heterocycles. The lowest BCUT2D eigenvalue weighted by Crippen LogP contribution is -2.24. The molecule has 9 heteroatoms. The summed E-state index contributed by atoms with van der Waals surface area (Å²) in [4.78, 5) is 11.5. The zero-order valence-electron chi connectivity index (χ0n) is 12.6. The lowest BCUT2D eigenvalue weighted by molar-refractivity contribution is 0.0698. The van der Waals surface area contributed by atoms with E-state index in [2.05, 4.69) is 4.72 Å². The van der Waals surface area contributed by atoms with Crippen molar-refractivity contribution in [1.29, 1.82) is 0 Å². The van der Waals surface area contributed by atoms with Crippen LogP contribution >= 0.6 is 23.2 Å². The summed E-state index contributed by atoms with van der Waals surface area (Å²) in [6.07, 6.45) is 1.57. The number of hydrogen-bond donors (Lipinski definition) is 2. The molecule has 0 saturated carbocycles. The summed E-state index contributed by atoms with van der Waals surface area (Å²) in [6.45, 7) is 2.36. The molecule has 1 heterocycles. The SMILES string of the molecule is Cc1c(C(=O)O)c2ccc(Cl)c(Cl)c2n1CCCNS(C)(=O)=O. The van der Waals surface area contributed by atoms with Crippen molar-refractivity contribution in [1.82, 2.24) is 9.29 Å². The van der Waals surface area contributed by atoms with Gasteiger partial charge in [0.25, 0.3) is 0 Å². The Labute approximate surface area is 144 Å². The number of carboxylic acids is 1. The monoisotopic (exact) mass is 378 g/mol. The molecule has 6 nitrogen and oxygen atoms in total. The van der Waals surface area contributed by atoms with E-state index >= 15 is 0 Å². The van der Waals surface area contributed by atoms with Crippen molar-refractivity contribution in [3.63, 3.8) is 0 Å². The molecule has 0 aliphatic carbocycles. The third kappa shape index (κ3) is 3.80. The number of nitrogens with one attached hydrogen (secondary N) is 1. The Bertz CT molecular complexity index is 875. The van der Waals surface area contributed by atoms with Crippen molar-refractivity contribution < 1.29 is 18.3 Å². The fraction of sp³-hybridized carbons (Fsp3) is 0.357. The van der Waals surface area contributed by atoms with Gasteiger partial charge in [0, 0.05) is 24.2 Å². The van der Waals surface area contributed by atoms with Gasteiger partial charge in [-0.15, -0.1) is 0 Å². The molecular weight excluding hydrogens is 363 g/mol. The molecule has 1 aromatic carbocycles. The van der Waals surface area contributed by atoms with Crippen LogP contribution in [0.5, 0.6) is 0 Å². The summed E-state index contributed by atoms with van der Waals surface area (Å²) in [5, 5.41) is 10.6. The quantitative estimate of drug-likeness (QED) is 0.756. The number of nitrogens with zero attached hydrogens (tertiary/aromatic N) is 1. The first-order chi connectivity index (χ1) is 10.6. The highest BCUT2D eigenvalue weighted by Crippen LogP contribution is 2.36. The summed E-state index contributed by atoms with van der Waals surface area (Å²) in [7, 11) is -3.25. The molecule has 0 amide bonds. The van der Waals surface area contributed by atoms with Gasteiger partial charge in [-0.2, -0.15) is 0 Å². The molecule has 0 bridgehead atoms. The van der Waals surface area contributed by atoms with Gasteiger partial charge in [0.15, 0.2) is 0 Å². The summed E-state index contributed by atoms with van der Waals surface area (Å²) >= 11 is 12.3. The van der Waals surface area contributed by atoms with Crippen molar-refractivity contribution in [3.8, 4) is 0 Å². The minimum absolute atomic E-state index is 0.176. The van der Waals surface area contributed by atoms with Crippen LogP contribution in [0.2, 0.25) is 10.0 Å². The molecule has 0 atom stereocenters. The van der Waals surface area contributed by atoms with Crippen LogP contribution in [-0.2, 0) is 16.6 Å². The number of aromatic nitrogens is 1. The predicted molar refractivity (Wildman–Crippen MR) is 91.1 cm³/mol. The minimum atomic E-state index is -3.25. The fourth-order valence-corrected chi connectivity index (χ4v) is 3.48. The second-order valence-electron chi connectivity index (χ2n) is 5.19. The standard InChI is InChI=1S/C14H16Cl2N2O4S/c1-8-11(14(19)20)9-4-5-10(15)12(16)13(9)18(8)7-3-6-17-23(2,21)22/h4-5,17H,3,6-7H2,1-2H3,(H,19,20). The van der Waals surface area contributed by atoms with Crippen LogP contribution in [0.3, 0.4) is 0 Å². The number of aryl methyl sites for hydroxylation is 1. The lowest BCUT2D eigenvalue weighted by Gasteiger charge is -2.10. The fourth-order valence-electron chi connectivity index (χ4n) is 2.55. The average Bonchev–Trinajstić information content (AvgIpc) is 2.71. The molecular formula is C14H16Cl2N2O4S. The summed E-state index contributed by atoms with van der Waals surface area (Å²) in [5.41, 5.74) is 1.28. The Balaban J connectivity index is 2.44. The molecule has 0 aliphatic rings. The largest absolute Gasteiger partial charge is 0.478 e. The lowest BCUT2D eigenvalue weighted by atomic mass is 10.1. The maximum atomic E-state index is 11.5. The van der Waals surface area contributed by atoms with Gasteiger partial charge in [-0.05, 0) is 19.4 Å². The second kappa shape index (κ2) is 6.68. The van der Waals surface area contributed by atoms with Gasteiger partial charge in [0.1, 0.15) is 0 Å². The van der Waals surface area contributed by atoms with Gasteiger partial charge in [-0.1, -0.05) is 29.3 Å². The number of sulfonamides is 1. The average molecular weight is 379 g/mol. The normalized spacial score (nSPS) is 12.0. The molecule has 2 rings (SSSR count). The van der Waals surface area contributed by atoms with Gasteiger partial charge < -0.3 is 9.67 Å². The maximum Gasteiger partial charge on any atom is 0.338 e. The van der Waals surface area contributed by atoms with Crippen molar-refractivity contribution in [2.24, 2.45) is 0 Å². The Morgan fingerprint density at radius 2 is 2.00 bits per heavy atom. The zero-order valence-corrected chi connectivity index (χ0v) is 14.9. The van der Waals surface area contributed by atoms with Crippen molar-refractivity contribution in [2.75, 3.05) is 12.8 Å². The number of benzene rings is 1. The first-order valence-corrected chi connectivity index (χ1v) is 9.43. The number of carbonyl (C=O) groups is 1. The molecule has 23 heavy (non-hydrogen) atoms. The molecule has 2 aromatic rings. The van der Waals surface area contributed by atoms with Crippen LogP contribution in [0, 0.1) is 6.92 Å². The number of carboxylic acid groups (broad SMARTS) is 1. The molecule has 0 fully saturated rings. The highest BCUT2D eigenvalue weighted by Gasteiger charge is 2.22. The maximum absolute atomic E-state index is 11.5. The molecule has 0 radical (unpaired) electrons. The van der Waals surface area contributed by atoms with E-state index in [1.54, 1.807) is 23.6 Å². The van der Waals surface area contributed by atoms with Crippen molar-refractivity contribution in [3.05, 3.63) is 33.4 Å². The van der Waals surface area contributed by atoms with E-state index in [1.807, 2.05) is 0 Å². The van der Waals surface area contributed by atoms with Gasteiger partial charge in [0.2, 0.25) is 10.0 Å². The van der Waals surface area contributed by atoms with E-state index in [1.165, 1.54) is 0 Å². The van der Waals surface area contributed by atoms with Crippen LogP contribution < -0.4 is 4.72 Å². The summed E-state index contributed by atoms with van der Waals surface area (Å²) in [5.74, 6) is -1.04. The molecule has 126 valence electrons. The third-order valence-corrected chi connectivity index (χ3v) is 5.03. The topological polar surface area (TPSA) is 88.4 Å². The second-order valence-corrected chi connectivity index (χ2v) is 7.81. The van der Waals surface area contributed by atoms with E-state index in [9.17, 15) is 18.3 Å². The van der Waals surface area contributed by atoms with Crippen LogP contribution in [-0.4, -0.2) is 36.9 Å². The van der Waals surface area contributed by atoms with Crippen LogP contribution in [0.25, 0.3) is 10.9 Å². The van der Waals surface area contributed by atoms with Gasteiger partial charge >= 0.3 is 5.97 Å². The highest BCUT2D eigenvalue weighted by molar-refractivity contribution is 7.88. The van der Waals surface area contributed by atoms with E-state index in [0.29, 0.717) is 34.6 Å². The molecule has 0 unspecified atom stereocenters. The Morgan fingerprint density at radius 1 is 1.35 bits per heavy atom. The number of aromatic carboxylic acids is 1. The van der Waals surface area contributed by atoms with Crippen LogP contribution in [0.4, 0.5) is 0 Å². The molecule has 2 N–H and O–H groups in total. The van der Waals surface area contributed by atoms with Crippen molar-refractivity contribution >= 4 is 50.1 Å². The van der Waals surface area contributed by atoms with E-state index < -0.39 is 16.0 Å². The Kier molecular flexibility index (Phi) is 5.25. The van der Waals surface area contributed by atoms with E-state index in [-0.39, 0.29) is 17.1 Å². The number of rotatable bonds is 6. The molecule has 0 spiro atoms. The molecule has 0 aliphatic heterocycles. The zero-order chi connectivity index (χ0) is 17.4. The third-order valence-electron chi connectivity index (χ3n) is 3.51. The first-order valence-electron chi connectivity index (χ1n) is 6.78. The van der Waals surface area contributed by atoms with Crippen molar-refractivity contribution in [2.45, 2.75) is 19.9 Å². The highest BCUT2D eigenvalue weighted by atomic mass is 35.5. The number of hydrogen-bond acceptors (Lipinski definition) is 3. The van der Waals surface area contributed by atoms with Gasteiger partial charge in [0.05, 0.1) is 27.4 Å². The Hall–Kier alpha value is -1.28. The van der Waals surface area contributed by atoms with Crippen LogP contribution in [0.15, 0.2) is 12.1 Å². The van der Waals surface area contributed by atoms with Crippen LogP contribution in [0.1, 0.15) is 22.5 Å². The summed E-state index contributed by atoms with van der Waals surface area (Å²) < 4.78 is 26.3. The Morgan fingerprint density at radius 3 is 2.57 bits per heavy atom. The smallest absolute Gasteiger partial charge is 0.338 e. The number of halogens is 2. The predicted octanol–water partition coefficient (Wildman–Crippen LogP) is 2.89. The summed E-state index contributed by atoms with van der Waals surface area (Å²) in [6, 6.07) is 3.19. The van der Waals surface area contributed by atoms with E-state index in [4.69, 9.17) is 23.2 Å². The minimum Gasteiger partial charge on any atom is -0.478 e. The first kappa shape index (κ1) is 18.1. The number of fused-ring (bicyclic) bond motifs is 1. The van der Waals surface area contributed by atoms with Gasteiger partial charge in [-0.25, -0.2) is 17.9 Å². The molecule has 1 aromatic heterocycles. The van der Waals surface area contributed by atoms with E-state index in [0.717, 1.165) is 6.26 Å².